The Morgan fingerprint density at radius 1 is 1.26 bits per heavy atom. The van der Waals surface area contributed by atoms with E-state index in [9.17, 15) is 4.79 Å². The lowest BCUT2D eigenvalue weighted by molar-refractivity contribution is -0.118. The molecule has 4 heteroatoms. The van der Waals surface area contributed by atoms with Gasteiger partial charge in [0.1, 0.15) is 0 Å². The number of ether oxygens (including phenoxy) is 2. The van der Waals surface area contributed by atoms with Gasteiger partial charge in [-0.25, -0.2) is 0 Å². The number of fused-ring (bicyclic) bond motifs is 1. The van der Waals surface area contributed by atoms with E-state index in [-0.39, 0.29) is 18.5 Å². The van der Waals surface area contributed by atoms with E-state index in [4.69, 9.17) is 9.47 Å². The Kier molecular flexibility index (Phi) is 6.66. The molecule has 0 saturated carbocycles. The highest BCUT2D eigenvalue weighted by atomic mass is 16.7. The van der Waals surface area contributed by atoms with Gasteiger partial charge in [-0.3, -0.25) is 4.79 Å². The Hall–Kier alpha value is -1.81. The number of hydrogen-bond donors (Lipinski definition) is 0. The molecular formula is C19H27NO3. The van der Waals surface area contributed by atoms with Gasteiger partial charge < -0.3 is 14.4 Å². The van der Waals surface area contributed by atoms with Crippen LogP contribution in [-0.2, 0) is 4.79 Å². The van der Waals surface area contributed by atoms with Crippen molar-refractivity contribution in [3.63, 3.8) is 0 Å². The van der Waals surface area contributed by atoms with Gasteiger partial charge in [0.2, 0.25) is 6.79 Å². The van der Waals surface area contributed by atoms with Crippen molar-refractivity contribution in [3.05, 3.63) is 29.8 Å². The second-order valence-electron chi connectivity index (χ2n) is 6.30. The minimum atomic E-state index is 0.0711. The number of carbonyl (C=O) groups is 1. The Morgan fingerprint density at radius 3 is 2.78 bits per heavy atom. The van der Waals surface area contributed by atoms with Crippen molar-refractivity contribution in [1.82, 2.24) is 4.90 Å². The molecular weight excluding hydrogens is 290 g/mol. The Balaban J connectivity index is 1.98. The highest BCUT2D eigenvalue weighted by molar-refractivity contribution is 5.95. The van der Waals surface area contributed by atoms with E-state index in [1.165, 1.54) is 12.8 Å². The molecule has 0 N–H and O–H groups in total. The van der Waals surface area contributed by atoms with Crippen molar-refractivity contribution in [2.24, 2.45) is 5.92 Å². The summed E-state index contributed by atoms with van der Waals surface area (Å²) in [7, 11) is 4.03. The van der Waals surface area contributed by atoms with Crippen LogP contribution in [-0.4, -0.2) is 38.1 Å². The van der Waals surface area contributed by atoms with Crippen molar-refractivity contribution in [2.75, 3.05) is 27.4 Å². The summed E-state index contributed by atoms with van der Waals surface area (Å²) in [5.41, 5.74) is 0.958. The Bertz CT molecular complexity index is 552. The molecule has 1 atom stereocenters. The Morgan fingerprint density at radius 2 is 2.04 bits per heavy atom. The number of carbonyl (C=O) groups excluding carboxylic acids is 1. The fourth-order valence-electron chi connectivity index (χ4n) is 2.74. The minimum Gasteiger partial charge on any atom is -0.454 e. The van der Waals surface area contributed by atoms with Crippen molar-refractivity contribution in [2.45, 2.75) is 32.6 Å². The first-order valence-electron chi connectivity index (χ1n) is 8.36. The van der Waals surface area contributed by atoms with E-state index in [1.807, 2.05) is 38.4 Å². The average Bonchev–Trinajstić information content (AvgIpc) is 2.99. The van der Waals surface area contributed by atoms with Gasteiger partial charge in [-0.2, -0.15) is 0 Å². The molecule has 0 aromatic heterocycles. The summed E-state index contributed by atoms with van der Waals surface area (Å²) in [5.74, 6) is 1.78. The van der Waals surface area contributed by atoms with Crippen molar-refractivity contribution in [1.29, 1.82) is 0 Å². The number of nitrogens with zero attached hydrogens (tertiary/aromatic N) is 1. The molecule has 2 rings (SSSR count). The van der Waals surface area contributed by atoms with E-state index in [0.29, 0.717) is 0 Å². The highest BCUT2D eigenvalue weighted by Crippen LogP contribution is 2.32. The number of benzene rings is 1. The summed E-state index contributed by atoms with van der Waals surface area (Å²) >= 11 is 0. The second kappa shape index (κ2) is 8.73. The van der Waals surface area contributed by atoms with Gasteiger partial charge in [-0.1, -0.05) is 38.3 Å². The van der Waals surface area contributed by atoms with Crippen LogP contribution in [0.5, 0.6) is 11.5 Å². The lowest BCUT2D eigenvalue weighted by atomic mass is 9.95. The lowest BCUT2D eigenvalue weighted by Gasteiger charge is -2.18. The van der Waals surface area contributed by atoms with Crippen LogP contribution in [0.3, 0.4) is 0 Å². The zero-order valence-corrected chi connectivity index (χ0v) is 14.4. The highest BCUT2D eigenvalue weighted by Gasteiger charge is 2.17. The van der Waals surface area contributed by atoms with Crippen LogP contribution in [0.4, 0.5) is 0 Å². The molecule has 0 amide bonds. The van der Waals surface area contributed by atoms with E-state index >= 15 is 0 Å². The fraction of sp³-hybridized carbons (Fsp3) is 0.526. The van der Waals surface area contributed by atoms with Gasteiger partial charge in [0, 0.05) is 12.5 Å². The number of unbranched alkanes of at least 4 members (excludes halogenated alkanes) is 2. The molecule has 0 spiro atoms. The first-order valence-corrected chi connectivity index (χ1v) is 8.36. The quantitative estimate of drug-likeness (QED) is 0.513. The largest absolute Gasteiger partial charge is 0.454 e. The van der Waals surface area contributed by atoms with Gasteiger partial charge in [-0.15, -0.1) is 0 Å². The lowest BCUT2D eigenvalue weighted by Crippen LogP contribution is -2.27. The van der Waals surface area contributed by atoms with Crippen LogP contribution in [0.2, 0.25) is 0 Å². The summed E-state index contributed by atoms with van der Waals surface area (Å²) < 4.78 is 10.7. The van der Waals surface area contributed by atoms with Gasteiger partial charge in [0.05, 0.1) is 0 Å². The average molecular weight is 317 g/mol. The molecule has 1 heterocycles. The van der Waals surface area contributed by atoms with Crippen LogP contribution in [0.15, 0.2) is 24.3 Å². The Labute approximate surface area is 139 Å². The molecule has 0 bridgehead atoms. The van der Waals surface area contributed by atoms with E-state index < -0.39 is 0 Å². The maximum absolute atomic E-state index is 12.5. The molecule has 0 fully saturated rings. The molecule has 126 valence electrons. The molecule has 1 aromatic rings. The normalized spacial score (nSPS) is 14.6. The van der Waals surface area contributed by atoms with Gasteiger partial charge in [0.15, 0.2) is 17.3 Å². The summed E-state index contributed by atoms with van der Waals surface area (Å²) in [5, 5.41) is 0. The van der Waals surface area contributed by atoms with Crippen LogP contribution in [0.25, 0.3) is 6.08 Å². The first-order chi connectivity index (χ1) is 11.1. The number of ketones is 1. The van der Waals surface area contributed by atoms with Crippen LogP contribution >= 0.6 is 0 Å². The molecule has 0 aliphatic carbocycles. The summed E-state index contributed by atoms with van der Waals surface area (Å²) in [6.07, 6.45) is 8.00. The minimum absolute atomic E-state index is 0.0711. The van der Waals surface area contributed by atoms with Crippen molar-refractivity contribution >= 4 is 11.9 Å². The number of hydrogen-bond acceptors (Lipinski definition) is 4. The molecule has 0 saturated heterocycles. The van der Waals surface area contributed by atoms with Crippen molar-refractivity contribution < 1.29 is 14.3 Å². The topological polar surface area (TPSA) is 38.8 Å². The van der Waals surface area contributed by atoms with Crippen molar-refractivity contribution in [3.8, 4) is 11.5 Å². The SMILES string of the molecule is CCCCCC(CN(C)C)C(=O)C=Cc1ccc2c(c1)OCO2. The predicted octanol–water partition coefficient (Wildman–Crippen LogP) is 3.76. The van der Waals surface area contributed by atoms with Crippen LogP contribution in [0.1, 0.15) is 38.2 Å². The van der Waals surface area contributed by atoms with Crippen LogP contribution in [0, 0.1) is 5.92 Å². The number of allylic oxidation sites excluding steroid dienone is 1. The monoisotopic (exact) mass is 317 g/mol. The van der Waals surface area contributed by atoms with Gasteiger partial charge >= 0.3 is 0 Å². The molecule has 1 unspecified atom stereocenters. The molecule has 1 aliphatic heterocycles. The molecule has 4 nitrogen and oxygen atoms in total. The standard InChI is InChI=1S/C19H27NO3/c1-4-5-6-7-16(13-20(2)3)17(21)10-8-15-9-11-18-19(12-15)23-14-22-18/h8-12,16H,4-7,13-14H2,1-3H3. The first kappa shape index (κ1) is 17.5. The zero-order chi connectivity index (χ0) is 16.7. The zero-order valence-electron chi connectivity index (χ0n) is 14.4. The molecule has 1 aliphatic rings. The molecule has 0 radical (unpaired) electrons. The maximum atomic E-state index is 12.5. The molecule has 1 aromatic carbocycles. The van der Waals surface area contributed by atoms with E-state index in [0.717, 1.165) is 36.4 Å². The summed E-state index contributed by atoms with van der Waals surface area (Å²) in [6.45, 7) is 3.25. The number of rotatable bonds is 9. The van der Waals surface area contributed by atoms with Gasteiger partial charge in [-0.05, 0) is 44.3 Å². The summed E-state index contributed by atoms with van der Waals surface area (Å²) in [4.78, 5) is 14.6. The van der Waals surface area contributed by atoms with E-state index in [1.54, 1.807) is 6.08 Å². The maximum Gasteiger partial charge on any atom is 0.231 e. The smallest absolute Gasteiger partial charge is 0.231 e. The predicted molar refractivity (Wildman–Crippen MR) is 92.8 cm³/mol. The third-order valence-electron chi connectivity index (χ3n) is 3.98. The third kappa shape index (κ3) is 5.39. The van der Waals surface area contributed by atoms with Crippen LogP contribution < -0.4 is 9.47 Å². The second-order valence-corrected chi connectivity index (χ2v) is 6.30. The fourth-order valence-corrected chi connectivity index (χ4v) is 2.74. The summed E-state index contributed by atoms with van der Waals surface area (Å²) in [6, 6.07) is 5.73. The van der Waals surface area contributed by atoms with Gasteiger partial charge in [0.25, 0.3) is 0 Å². The molecule has 23 heavy (non-hydrogen) atoms. The third-order valence-corrected chi connectivity index (χ3v) is 3.98. The van der Waals surface area contributed by atoms with E-state index in [2.05, 4.69) is 11.8 Å².